The molecule has 1 atom stereocenters. The van der Waals surface area contributed by atoms with Crippen molar-refractivity contribution >= 4 is 5.97 Å². The predicted molar refractivity (Wildman–Crippen MR) is 52.9 cm³/mol. The van der Waals surface area contributed by atoms with Crippen molar-refractivity contribution < 1.29 is 9.90 Å². The number of aromatic carboxylic acids is 1. The maximum Gasteiger partial charge on any atom is 0.335 e. The van der Waals surface area contributed by atoms with Crippen LogP contribution in [-0.2, 0) is 0 Å². The zero-order chi connectivity index (χ0) is 10.6. The van der Waals surface area contributed by atoms with Crippen LogP contribution in [0.15, 0.2) is 31.0 Å². The van der Waals surface area contributed by atoms with E-state index in [1.807, 2.05) is 0 Å². The van der Waals surface area contributed by atoms with Crippen molar-refractivity contribution in [3.63, 3.8) is 0 Å². The Kier molecular flexibility index (Phi) is 3.36. The normalized spacial score (nSPS) is 12.1. The first-order valence-electron chi connectivity index (χ1n) is 4.21. The molecule has 0 aliphatic carbocycles. The summed E-state index contributed by atoms with van der Waals surface area (Å²) in [4.78, 5) is 14.6. The van der Waals surface area contributed by atoms with E-state index in [2.05, 4.69) is 11.6 Å². The minimum absolute atomic E-state index is 0.203. The summed E-state index contributed by atoms with van der Waals surface area (Å²) in [5.74, 6) is -0.973. The Hall–Kier alpha value is -1.68. The van der Waals surface area contributed by atoms with Crippen molar-refractivity contribution in [2.75, 3.05) is 0 Å². The first-order valence-corrected chi connectivity index (χ1v) is 4.21. The van der Waals surface area contributed by atoms with Gasteiger partial charge >= 0.3 is 5.97 Å². The Morgan fingerprint density at radius 3 is 3.07 bits per heavy atom. The second-order valence-electron chi connectivity index (χ2n) is 2.91. The molecule has 0 amide bonds. The number of carboxylic acid groups (broad SMARTS) is 1. The molecule has 0 saturated carbocycles. The van der Waals surface area contributed by atoms with Gasteiger partial charge in [-0.2, -0.15) is 0 Å². The maximum atomic E-state index is 10.6. The summed E-state index contributed by atoms with van der Waals surface area (Å²) in [6.07, 6.45) is 3.71. The van der Waals surface area contributed by atoms with Crippen LogP contribution >= 0.6 is 0 Å². The van der Waals surface area contributed by atoms with E-state index in [1.165, 1.54) is 18.3 Å². The van der Waals surface area contributed by atoms with Crippen LogP contribution in [-0.4, -0.2) is 16.1 Å². The third kappa shape index (κ3) is 2.40. The monoisotopic (exact) mass is 192 g/mol. The Labute approximate surface area is 82.1 Å². The van der Waals surface area contributed by atoms with E-state index >= 15 is 0 Å². The van der Waals surface area contributed by atoms with Gasteiger partial charge in [0.2, 0.25) is 0 Å². The van der Waals surface area contributed by atoms with Crippen molar-refractivity contribution in [1.82, 2.24) is 4.98 Å². The second-order valence-corrected chi connectivity index (χ2v) is 2.91. The van der Waals surface area contributed by atoms with Gasteiger partial charge in [-0.15, -0.1) is 6.58 Å². The molecule has 0 aliphatic heterocycles. The summed E-state index contributed by atoms with van der Waals surface area (Å²) >= 11 is 0. The van der Waals surface area contributed by atoms with Crippen LogP contribution in [0, 0.1) is 0 Å². The van der Waals surface area contributed by atoms with Gasteiger partial charge in [0.15, 0.2) is 0 Å². The van der Waals surface area contributed by atoms with Crippen molar-refractivity contribution in [1.29, 1.82) is 0 Å². The molecule has 0 spiro atoms. The van der Waals surface area contributed by atoms with Crippen LogP contribution in [0.25, 0.3) is 0 Å². The Bertz CT molecular complexity index is 350. The van der Waals surface area contributed by atoms with E-state index < -0.39 is 5.97 Å². The van der Waals surface area contributed by atoms with Gasteiger partial charge in [-0.1, -0.05) is 6.08 Å². The van der Waals surface area contributed by atoms with Gasteiger partial charge in [-0.25, -0.2) is 4.79 Å². The van der Waals surface area contributed by atoms with Crippen molar-refractivity contribution in [2.24, 2.45) is 5.73 Å². The summed E-state index contributed by atoms with van der Waals surface area (Å²) in [7, 11) is 0. The van der Waals surface area contributed by atoms with Gasteiger partial charge in [0, 0.05) is 6.20 Å². The molecule has 4 nitrogen and oxygen atoms in total. The average Bonchev–Trinajstić information content (AvgIpc) is 2.18. The number of hydrogen-bond acceptors (Lipinski definition) is 3. The van der Waals surface area contributed by atoms with Crippen LogP contribution in [0.5, 0.6) is 0 Å². The maximum absolute atomic E-state index is 10.6. The van der Waals surface area contributed by atoms with E-state index in [0.717, 1.165) is 0 Å². The Balaban J connectivity index is 2.93. The molecule has 0 fully saturated rings. The third-order valence-corrected chi connectivity index (χ3v) is 1.83. The molecule has 14 heavy (non-hydrogen) atoms. The average molecular weight is 192 g/mol. The number of rotatable bonds is 4. The zero-order valence-electron chi connectivity index (χ0n) is 7.68. The van der Waals surface area contributed by atoms with E-state index in [-0.39, 0.29) is 11.6 Å². The quantitative estimate of drug-likeness (QED) is 0.706. The van der Waals surface area contributed by atoms with E-state index in [1.54, 1.807) is 6.08 Å². The second kappa shape index (κ2) is 4.53. The van der Waals surface area contributed by atoms with Gasteiger partial charge in [-0.3, -0.25) is 4.98 Å². The van der Waals surface area contributed by atoms with Gasteiger partial charge in [-0.05, 0) is 18.6 Å². The lowest BCUT2D eigenvalue weighted by Gasteiger charge is -2.08. The highest BCUT2D eigenvalue weighted by molar-refractivity contribution is 5.87. The molecular weight excluding hydrogens is 180 g/mol. The van der Waals surface area contributed by atoms with E-state index in [0.29, 0.717) is 12.1 Å². The minimum atomic E-state index is -0.973. The van der Waals surface area contributed by atoms with Gasteiger partial charge in [0.1, 0.15) is 0 Å². The number of nitrogens with two attached hydrogens (primary N) is 1. The number of pyridine rings is 1. The summed E-state index contributed by atoms with van der Waals surface area (Å²) < 4.78 is 0. The topological polar surface area (TPSA) is 76.2 Å². The summed E-state index contributed by atoms with van der Waals surface area (Å²) in [5.41, 5.74) is 6.53. The Morgan fingerprint density at radius 1 is 1.79 bits per heavy atom. The molecule has 1 rings (SSSR count). The molecule has 1 aromatic heterocycles. The van der Waals surface area contributed by atoms with Crippen LogP contribution in [0.1, 0.15) is 28.5 Å². The molecule has 3 N–H and O–H groups in total. The molecule has 74 valence electrons. The van der Waals surface area contributed by atoms with E-state index in [9.17, 15) is 4.79 Å². The lowest BCUT2D eigenvalue weighted by atomic mass is 10.1. The SMILES string of the molecule is C=CCC(N)c1cc(C(=O)O)ccn1. The first kappa shape index (κ1) is 10.4. The highest BCUT2D eigenvalue weighted by Gasteiger charge is 2.09. The molecule has 0 bridgehead atoms. The number of hydrogen-bond donors (Lipinski definition) is 2. The first-order chi connectivity index (χ1) is 6.65. The van der Waals surface area contributed by atoms with Gasteiger partial charge < -0.3 is 10.8 Å². The van der Waals surface area contributed by atoms with Crippen LogP contribution in [0.3, 0.4) is 0 Å². The number of aromatic nitrogens is 1. The lowest BCUT2D eigenvalue weighted by molar-refractivity contribution is 0.0696. The standard InChI is InChI=1S/C10H12N2O2/c1-2-3-8(11)9-6-7(10(13)14)4-5-12-9/h2,4-6,8H,1,3,11H2,(H,13,14). The highest BCUT2D eigenvalue weighted by Crippen LogP contribution is 2.12. The predicted octanol–water partition coefficient (Wildman–Crippen LogP) is 1.36. The number of carboxylic acids is 1. The molecule has 4 heteroatoms. The molecule has 1 heterocycles. The molecule has 0 radical (unpaired) electrons. The summed E-state index contributed by atoms with van der Waals surface area (Å²) in [6.45, 7) is 3.56. The minimum Gasteiger partial charge on any atom is -0.478 e. The molecule has 1 aromatic rings. The van der Waals surface area contributed by atoms with Gasteiger partial charge in [0.25, 0.3) is 0 Å². The molecule has 0 aromatic carbocycles. The number of carbonyl (C=O) groups is 1. The molecular formula is C10H12N2O2. The largest absolute Gasteiger partial charge is 0.478 e. The third-order valence-electron chi connectivity index (χ3n) is 1.83. The van der Waals surface area contributed by atoms with Crippen LogP contribution in [0.2, 0.25) is 0 Å². The summed E-state index contributed by atoms with van der Waals surface area (Å²) in [6, 6.07) is 2.63. The van der Waals surface area contributed by atoms with Crippen molar-refractivity contribution in [3.05, 3.63) is 42.2 Å². The summed E-state index contributed by atoms with van der Waals surface area (Å²) in [5, 5.41) is 8.73. The highest BCUT2D eigenvalue weighted by atomic mass is 16.4. The lowest BCUT2D eigenvalue weighted by Crippen LogP contribution is -2.12. The fourth-order valence-electron chi connectivity index (χ4n) is 1.08. The molecule has 0 aliphatic rings. The zero-order valence-corrected chi connectivity index (χ0v) is 7.68. The van der Waals surface area contributed by atoms with Crippen molar-refractivity contribution in [3.8, 4) is 0 Å². The van der Waals surface area contributed by atoms with Crippen LogP contribution < -0.4 is 5.73 Å². The van der Waals surface area contributed by atoms with Crippen LogP contribution in [0.4, 0.5) is 0 Å². The fourth-order valence-corrected chi connectivity index (χ4v) is 1.08. The van der Waals surface area contributed by atoms with Gasteiger partial charge in [0.05, 0.1) is 17.3 Å². The fraction of sp³-hybridized carbons (Fsp3) is 0.200. The Morgan fingerprint density at radius 2 is 2.50 bits per heavy atom. The smallest absolute Gasteiger partial charge is 0.335 e. The molecule has 0 saturated heterocycles. The van der Waals surface area contributed by atoms with Crippen molar-refractivity contribution in [2.45, 2.75) is 12.5 Å². The molecule has 1 unspecified atom stereocenters. The number of nitrogens with zero attached hydrogens (tertiary/aromatic N) is 1. The van der Waals surface area contributed by atoms with E-state index in [4.69, 9.17) is 10.8 Å².